The van der Waals surface area contributed by atoms with Crippen LogP contribution in [0.1, 0.15) is 76.1 Å². The molecule has 2 aromatic rings. The van der Waals surface area contributed by atoms with Gasteiger partial charge in [0.25, 0.3) is 0 Å². The topological polar surface area (TPSA) is 100 Å². The van der Waals surface area contributed by atoms with E-state index >= 15 is 0 Å². The molecule has 2 aliphatic rings. The monoisotopic (exact) mass is 526 g/mol. The number of rotatable bonds is 16. The summed E-state index contributed by atoms with van der Waals surface area (Å²) < 4.78 is 7.41. The van der Waals surface area contributed by atoms with Gasteiger partial charge in [-0.25, -0.2) is 4.98 Å². The van der Waals surface area contributed by atoms with Gasteiger partial charge in [0.05, 0.1) is 24.0 Å². The van der Waals surface area contributed by atoms with Crippen LogP contribution in [-0.2, 0) is 16.0 Å². The number of ether oxygens (including phenoxy) is 1. The Morgan fingerprint density at radius 1 is 1.21 bits per heavy atom. The fraction of sp³-hybridized carbons (Fsp3) is 0.714. The number of aromatic nitrogens is 4. The molecule has 1 saturated heterocycles. The smallest absolute Gasteiger partial charge is 0.229 e. The third-order valence-electron chi connectivity index (χ3n) is 7.64. The molecule has 3 heterocycles. The molecule has 2 N–H and O–H groups in total. The summed E-state index contributed by atoms with van der Waals surface area (Å²) in [6.07, 6.45) is 11.4. The molecule has 0 amide bonds. The van der Waals surface area contributed by atoms with Crippen LogP contribution in [0.2, 0.25) is 0 Å². The van der Waals surface area contributed by atoms with Gasteiger partial charge in [0.2, 0.25) is 5.95 Å². The third-order valence-corrected chi connectivity index (χ3v) is 7.64. The molecule has 2 fully saturated rings. The van der Waals surface area contributed by atoms with Crippen molar-refractivity contribution in [2.75, 3.05) is 63.6 Å². The zero-order valence-corrected chi connectivity index (χ0v) is 23.7. The van der Waals surface area contributed by atoms with Crippen LogP contribution in [-0.4, -0.2) is 94.9 Å². The van der Waals surface area contributed by atoms with E-state index in [9.17, 15) is 4.79 Å². The highest BCUT2D eigenvalue weighted by Gasteiger charge is 2.28. The number of carbonyl (C=O) groups excluding carboxylic acids is 1. The highest BCUT2D eigenvalue weighted by molar-refractivity contribution is 5.58. The standard InChI is InChI=1S/C28H46N8O2/c1-5-25-26(20-36(33-25)23-9-13-35(14-10-23)21(2)3)31-28-30-19-24(22-7-8-22)27(32-28)29-11-6-12-34(4)15-17-38-18-16-37/h16,19-23H,5-15,17-18H2,1-4H3,(H2,29,30,31,32). The van der Waals surface area contributed by atoms with E-state index in [-0.39, 0.29) is 6.61 Å². The summed E-state index contributed by atoms with van der Waals surface area (Å²) in [5.41, 5.74) is 3.28. The Morgan fingerprint density at radius 2 is 2.00 bits per heavy atom. The predicted octanol–water partition coefficient (Wildman–Crippen LogP) is 3.85. The highest BCUT2D eigenvalue weighted by Crippen LogP contribution is 2.43. The molecule has 0 unspecified atom stereocenters. The van der Waals surface area contributed by atoms with E-state index in [0.717, 1.165) is 81.9 Å². The Morgan fingerprint density at radius 3 is 2.68 bits per heavy atom. The van der Waals surface area contributed by atoms with Gasteiger partial charge in [0, 0.05) is 50.2 Å². The van der Waals surface area contributed by atoms with Gasteiger partial charge in [0.15, 0.2) is 0 Å². The van der Waals surface area contributed by atoms with E-state index in [1.54, 1.807) is 0 Å². The fourth-order valence-electron chi connectivity index (χ4n) is 5.07. The SMILES string of the molecule is CCc1nn(C2CCN(C(C)C)CC2)cc1Nc1ncc(C2CC2)c(NCCCN(C)CCOCC=O)n1. The average molecular weight is 527 g/mol. The summed E-state index contributed by atoms with van der Waals surface area (Å²) in [5, 5.41) is 12.0. The van der Waals surface area contributed by atoms with E-state index in [2.05, 4.69) is 64.1 Å². The van der Waals surface area contributed by atoms with E-state index in [4.69, 9.17) is 14.8 Å². The number of aldehydes is 1. The Balaban J connectivity index is 1.35. The van der Waals surface area contributed by atoms with E-state index in [1.807, 2.05) is 6.20 Å². The second kappa shape index (κ2) is 14.0. The van der Waals surface area contributed by atoms with Crippen LogP contribution in [0.5, 0.6) is 0 Å². The number of anilines is 3. The number of likely N-dealkylation sites (N-methyl/N-ethyl adjacent to an activating group) is 1. The van der Waals surface area contributed by atoms with Crippen LogP contribution in [0, 0.1) is 0 Å². The van der Waals surface area contributed by atoms with E-state index in [0.29, 0.717) is 30.6 Å². The van der Waals surface area contributed by atoms with Crippen molar-refractivity contribution in [3.8, 4) is 0 Å². The largest absolute Gasteiger partial charge is 0.373 e. The molecule has 38 heavy (non-hydrogen) atoms. The van der Waals surface area contributed by atoms with Gasteiger partial charge in [-0.2, -0.15) is 10.1 Å². The Hall–Kier alpha value is -2.56. The summed E-state index contributed by atoms with van der Waals surface area (Å²) in [6.45, 7) is 12.3. The first-order valence-corrected chi connectivity index (χ1v) is 14.4. The summed E-state index contributed by atoms with van der Waals surface area (Å²) >= 11 is 0. The molecule has 1 aliphatic carbocycles. The number of hydrogen-bond acceptors (Lipinski definition) is 9. The lowest BCUT2D eigenvalue weighted by molar-refractivity contribution is -0.111. The van der Waals surface area contributed by atoms with Crippen molar-refractivity contribution >= 4 is 23.7 Å². The van der Waals surface area contributed by atoms with Gasteiger partial charge in [-0.15, -0.1) is 0 Å². The molecule has 0 spiro atoms. The lowest BCUT2D eigenvalue weighted by atomic mass is 10.0. The summed E-state index contributed by atoms with van der Waals surface area (Å²) in [5.74, 6) is 2.12. The lowest BCUT2D eigenvalue weighted by Gasteiger charge is -2.34. The number of nitrogens with zero attached hydrogens (tertiary/aromatic N) is 6. The van der Waals surface area contributed by atoms with Crippen molar-refractivity contribution in [3.05, 3.63) is 23.7 Å². The van der Waals surface area contributed by atoms with Crippen molar-refractivity contribution in [2.45, 2.75) is 77.3 Å². The summed E-state index contributed by atoms with van der Waals surface area (Å²) in [7, 11) is 2.08. The number of aryl methyl sites for hydroxylation is 1. The lowest BCUT2D eigenvalue weighted by Crippen LogP contribution is -2.39. The molecule has 2 aromatic heterocycles. The maximum absolute atomic E-state index is 10.4. The van der Waals surface area contributed by atoms with Gasteiger partial charge >= 0.3 is 0 Å². The van der Waals surface area contributed by atoms with Crippen LogP contribution < -0.4 is 10.6 Å². The fourth-order valence-corrected chi connectivity index (χ4v) is 5.07. The second-order valence-corrected chi connectivity index (χ2v) is 10.9. The molecule has 1 saturated carbocycles. The van der Waals surface area contributed by atoms with Crippen LogP contribution in [0.15, 0.2) is 12.4 Å². The first kappa shape index (κ1) is 28.4. The Labute approximate surface area is 227 Å². The molecule has 10 heteroatoms. The maximum atomic E-state index is 10.4. The molecule has 1 aliphatic heterocycles. The van der Waals surface area contributed by atoms with Crippen molar-refractivity contribution < 1.29 is 9.53 Å². The molecule has 10 nitrogen and oxygen atoms in total. The minimum atomic E-state index is 0.168. The summed E-state index contributed by atoms with van der Waals surface area (Å²) in [6, 6.07) is 1.04. The average Bonchev–Trinajstić information content (AvgIpc) is 3.69. The zero-order chi connectivity index (χ0) is 26.9. The summed E-state index contributed by atoms with van der Waals surface area (Å²) in [4.78, 5) is 24.7. The van der Waals surface area contributed by atoms with Gasteiger partial charge < -0.3 is 30.0 Å². The number of carbonyl (C=O) groups is 1. The predicted molar refractivity (Wildman–Crippen MR) is 151 cm³/mol. The molecule has 0 radical (unpaired) electrons. The van der Waals surface area contributed by atoms with Crippen molar-refractivity contribution in [1.82, 2.24) is 29.5 Å². The van der Waals surface area contributed by atoms with Gasteiger partial charge in [-0.1, -0.05) is 6.92 Å². The molecular weight excluding hydrogens is 480 g/mol. The molecule has 0 aromatic carbocycles. The molecule has 4 rings (SSSR count). The number of likely N-dealkylation sites (tertiary alicyclic amines) is 1. The number of piperidine rings is 1. The quantitative estimate of drug-likeness (QED) is 0.249. The van der Waals surface area contributed by atoms with Gasteiger partial charge in [-0.3, -0.25) is 4.68 Å². The zero-order valence-electron chi connectivity index (χ0n) is 23.7. The number of nitrogens with one attached hydrogen (secondary N) is 2. The van der Waals surface area contributed by atoms with Crippen molar-refractivity contribution in [2.24, 2.45) is 0 Å². The van der Waals surface area contributed by atoms with Gasteiger partial charge in [-0.05, 0) is 71.9 Å². The van der Waals surface area contributed by atoms with Crippen LogP contribution in [0.25, 0.3) is 0 Å². The van der Waals surface area contributed by atoms with E-state index in [1.165, 1.54) is 18.4 Å². The highest BCUT2D eigenvalue weighted by atomic mass is 16.5. The van der Waals surface area contributed by atoms with Crippen molar-refractivity contribution in [1.29, 1.82) is 0 Å². The molecule has 0 bridgehead atoms. The van der Waals surface area contributed by atoms with Crippen molar-refractivity contribution in [3.63, 3.8) is 0 Å². The van der Waals surface area contributed by atoms with Crippen LogP contribution in [0.3, 0.4) is 0 Å². The Bertz CT molecular complexity index is 1010. The first-order chi connectivity index (χ1) is 18.5. The van der Waals surface area contributed by atoms with Crippen LogP contribution in [0.4, 0.5) is 17.5 Å². The molecular formula is C28H46N8O2. The first-order valence-electron chi connectivity index (χ1n) is 14.4. The molecule has 210 valence electrons. The molecule has 0 atom stereocenters. The Kier molecular flexibility index (Phi) is 10.5. The minimum absolute atomic E-state index is 0.168. The minimum Gasteiger partial charge on any atom is -0.373 e. The maximum Gasteiger partial charge on any atom is 0.229 e. The number of hydrogen-bond donors (Lipinski definition) is 2. The van der Waals surface area contributed by atoms with Gasteiger partial charge in [0.1, 0.15) is 18.7 Å². The van der Waals surface area contributed by atoms with E-state index < -0.39 is 0 Å². The van der Waals surface area contributed by atoms with Crippen LogP contribution >= 0.6 is 0 Å². The third kappa shape index (κ3) is 7.97. The normalized spacial score (nSPS) is 16.9. The second-order valence-electron chi connectivity index (χ2n) is 10.9.